The van der Waals surface area contributed by atoms with E-state index in [-0.39, 0.29) is 11.4 Å². The van der Waals surface area contributed by atoms with E-state index in [4.69, 9.17) is 4.74 Å². The van der Waals surface area contributed by atoms with Crippen molar-refractivity contribution in [3.05, 3.63) is 33.9 Å². The zero-order valence-corrected chi connectivity index (χ0v) is 11.5. The fourth-order valence-electron chi connectivity index (χ4n) is 1.31. The number of ether oxygens (including phenoxy) is 1. The van der Waals surface area contributed by atoms with Gasteiger partial charge in [0.15, 0.2) is 5.75 Å². The molecular weight excluding hydrogens is 331 g/mol. The number of benzene rings is 1. The van der Waals surface area contributed by atoms with E-state index in [1.807, 2.05) is 6.92 Å². The quantitative estimate of drug-likeness (QED) is 0.464. The topological polar surface area (TPSA) is 52.4 Å². The van der Waals surface area contributed by atoms with Crippen molar-refractivity contribution in [2.24, 2.45) is 0 Å². The first-order valence-electron chi connectivity index (χ1n) is 5.36. The van der Waals surface area contributed by atoms with Crippen molar-refractivity contribution in [2.45, 2.75) is 24.3 Å². The fourth-order valence-corrected chi connectivity index (χ4v) is 1.44. The predicted octanol–water partition coefficient (Wildman–Crippen LogP) is 3.86. The molecule has 0 bridgehead atoms. The van der Waals surface area contributed by atoms with E-state index in [2.05, 4.69) is 15.9 Å². The molecule has 19 heavy (non-hydrogen) atoms. The molecule has 0 saturated heterocycles. The number of halogens is 4. The highest BCUT2D eigenvalue weighted by molar-refractivity contribution is 9.09. The van der Waals surface area contributed by atoms with Gasteiger partial charge in [0, 0.05) is 6.07 Å². The summed E-state index contributed by atoms with van der Waals surface area (Å²) < 4.78 is 41.7. The van der Waals surface area contributed by atoms with E-state index in [1.165, 1.54) is 12.1 Å². The Morgan fingerprint density at radius 2 is 2.11 bits per heavy atom. The van der Waals surface area contributed by atoms with Crippen LogP contribution in [0.5, 0.6) is 5.75 Å². The fraction of sp³-hybridized carbons (Fsp3) is 0.455. The zero-order valence-electron chi connectivity index (χ0n) is 9.91. The number of nitrogens with zero attached hydrogens (tertiary/aromatic N) is 1. The van der Waals surface area contributed by atoms with Crippen LogP contribution in [-0.4, -0.2) is 22.5 Å². The van der Waals surface area contributed by atoms with Crippen molar-refractivity contribution in [3.63, 3.8) is 0 Å². The van der Waals surface area contributed by atoms with Crippen LogP contribution in [-0.2, 0) is 6.42 Å². The maximum Gasteiger partial charge on any atom is 0.404 e. The van der Waals surface area contributed by atoms with Gasteiger partial charge in [0.2, 0.25) is 0 Å². The summed E-state index contributed by atoms with van der Waals surface area (Å²) in [5, 5.41) is 10.8. The van der Waals surface area contributed by atoms with Crippen LogP contribution in [0.3, 0.4) is 0 Å². The molecule has 0 spiro atoms. The summed E-state index contributed by atoms with van der Waals surface area (Å²) in [7, 11) is 0. The number of aryl methyl sites for hydroxylation is 1. The van der Waals surface area contributed by atoms with Crippen molar-refractivity contribution in [1.29, 1.82) is 0 Å². The monoisotopic (exact) mass is 341 g/mol. The molecule has 0 saturated carbocycles. The van der Waals surface area contributed by atoms with E-state index >= 15 is 0 Å². The largest absolute Gasteiger partial charge is 0.485 e. The van der Waals surface area contributed by atoms with E-state index < -0.39 is 22.5 Å². The van der Waals surface area contributed by atoms with Crippen molar-refractivity contribution in [1.82, 2.24) is 0 Å². The van der Waals surface area contributed by atoms with Gasteiger partial charge in [-0.1, -0.05) is 28.9 Å². The Balaban J connectivity index is 2.86. The lowest BCUT2D eigenvalue weighted by molar-refractivity contribution is -0.386. The van der Waals surface area contributed by atoms with E-state index in [9.17, 15) is 23.3 Å². The first kappa shape index (κ1) is 15.7. The van der Waals surface area contributed by atoms with Gasteiger partial charge in [-0.2, -0.15) is 13.2 Å². The minimum atomic E-state index is -4.46. The summed E-state index contributed by atoms with van der Waals surface area (Å²) in [4.78, 5) is 8.28. The lowest BCUT2D eigenvalue weighted by Gasteiger charge is -2.15. The smallest absolute Gasteiger partial charge is 0.404 e. The van der Waals surface area contributed by atoms with Crippen molar-refractivity contribution >= 4 is 21.6 Å². The van der Waals surface area contributed by atoms with Gasteiger partial charge in [0.1, 0.15) is 11.4 Å². The SMILES string of the molecule is CCc1ccc(OCC(Br)C(F)(F)F)c([N+](=O)[O-])c1. The third-order valence-electron chi connectivity index (χ3n) is 2.37. The Morgan fingerprint density at radius 3 is 2.58 bits per heavy atom. The molecule has 0 aromatic heterocycles. The molecule has 1 aromatic carbocycles. The summed E-state index contributed by atoms with van der Waals surface area (Å²) in [6.07, 6.45) is -3.87. The molecule has 4 nitrogen and oxygen atoms in total. The molecule has 1 aromatic rings. The summed E-state index contributed by atoms with van der Waals surface area (Å²) in [5.74, 6) is -0.170. The van der Waals surface area contributed by atoms with Crippen LogP contribution in [0.1, 0.15) is 12.5 Å². The summed E-state index contributed by atoms with van der Waals surface area (Å²) in [5.41, 5.74) is 0.381. The Bertz CT molecular complexity index is 465. The minimum absolute atomic E-state index is 0.170. The molecule has 0 aliphatic rings. The van der Waals surface area contributed by atoms with Gasteiger partial charge in [-0.15, -0.1) is 0 Å². The molecule has 0 aliphatic heterocycles. The third kappa shape index (κ3) is 4.38. The molecule has 8 heteroatoms. The molecule has 0 fully saturated rings. The zero-order chi connectivity index (χ0) is 14.6. The minimum Gasteiger partial charge on any atom is -0.485 e. The third-order valence-corrected chi connectivity index (χ3v) is 3.15. The Labute approximate surface area is 115 Å². The first-order chi connectivity index (χ1) is 8.75. The standard InChI is InChI=1S/C11H11BrF3NO3/c1-2-7-3-4-9(8(5-7)16(17)18)19-6-10(12)11(13,14)15/h3-5,10H,2,6H2,1H3. The van der Waals surface area contributed by atoms with E-state index in [0.29, 0.717) is 12.0 Å². The highest BCUT2D eigenvalue weighted by atomic mass is 79.9. The van der Waals surface area contributed by atoms with Crippen LogP contribution < -0.4 is 4.74 Å². The van der Waals surface area contributed by atoms with Crippen molar-refractivity contribution in [3.8, 4) is 5.75 Å². The van der Waals surface area contributed by atoms with Crippen molar-refractivity contribution < 1.29 is 22.8 Å². The number of nitro benzene ring substituents is 1. The number of rotatable bonds is 5. The Morgan fingerprint density at radius 1 is 1.47 bits per heavy atom. The summed E-state index contributed by atoms with van der Waals surface area (Å²) in [6, 6.07) is 4.19. The summed E-state index contributed by atoms with van der Waals surface area (Å²) >= 11 is 2.43. The van der Waals surface area contributed by atoms with Gasteiger partial charge in [-0.05, 0) is 18.1 Å². The van der Waals surface area contributed by atoms with Crippen molar-refractivity contribution in [2.75, 3.05) is 6.61 Å². The van der Waals surface area contributed by atoms with Crippen LogP contribution in [0.15, 0.2) is 18.2 Å². The molecule has 0 amide bonds. The van der Waals surface area contributed by atoms with Gasteiger partial charge < -0.3 is 4.74 Å². The van der Waals surface area contributed by atoms with Gasteiger partial charge in [-0.3, -0.25) is 10.1 Å². The number of hydrogen-bond donors (Lipinski definition) is 0. The molecule has 106 valence electrons. The highest BCUT2D eigenvalue weighted by Gasteiger charge is 2.38. The van der Waals surface area contributed by atoms with Gasteiger partial charge in [0.25, 0.3) is 0 Å². The highest BCUT2D eigenvalue weighted by Crippen LogP contribution is 2.31. The first-order valence-corrected chi connectivity index (χ1v) is 6.28. The molecule has 1 unspecified atom stereocenters. The molecule has 0 radical (unpaired) electrons. The second-order valence-corrected chi connectivity index (χ2v) is 4.84. The summed E-state index contributed by atoms with van der Waals surface area (Å²) in [6.45, 7) is 1.09. The number of hydrogen-bond acceptors (Lipinski definition) is 3. The van der Waals surface area contributed by atoms with Gasteiger partial charge >= 0.3 is 11.9 Å². The van der Waals surface area contributed by atoms with Crippen LogP contribution in [0, 0.1) is 10.1 Å². The normalized spacial score (nSPS) is 13.1. The molecule has 0 aliphatic carbocycles. The van der Waals surface area contributed by atoms with Crippen LogP contribution >= 0.6 is 15.9 Å². The van der Waals surface area contributed by atoms with Gasteiger partial charge in [0.05, 0.1) is 4.92 Å². The molecular formula is C11H11BrF3NO3. The van der Waals surface area contributed by atoms with E-state index in [0.717, 1.165) is 0 Å². The predicted molar refractivity (Wildman–Crippen MR) is 66.7 cm³/mol. The second kappa shape index (κ2) is 6.23. The van der Waals surface area contributed by atoms with Crippen LogP contribution in [0.2, 0.25) is 0 Å². The maximum atomic E-state index is 12.3. The van der Waals surface area contributed by atoms with Crippen LogP contribution in [0.25, 0.3) is 0 Å². The Hall–Kier alpha value is -1.31. The Kier molecular flexibility index (Phi) is 5.16. The number of alkyl halides is 4. The van der Waals surface area contributed by atoms with E-state index in [1.54, 1.807) is 6.07 Å². The molecule has 1 atom stereocenters. The lowest BCUT2D eigenvalue weighted by atomic mass is 10.1. The van der Waals surface area contributed by atoms with Gasteiger partial charge in [-0.25, -0.2) is 0 Å². The van der Waals surface area contributed by atoms with Crippen LogP contribution in [0.4, 0.5) is 18.9 Å². The average molecular weight is 342 g/mol. The molecule has 1 rings (SSSR count). The lowest BCUT2D eigenvalue weighted by Crippen LogP contribution is -2.29. The average Bonchev–Trinajstić information content (AvgIpc) is 2.34. The second-order valence-electron chi connectivity index (χ2n) is 3.73. The molecule has 0 N–H and O–H groups in total. The maximum absolute atomic E-state index is 12.3. The molecule has 0 heterocycles. The number of nitro groups is 1.